The molecule has 122 valence electrons. The van der Waals surface area contributed by atoms with Gasteiger partial charge in [-0.3, -0.25) is 9.69 Å². The van der Waals surface area contributed by atoms with E-state index in [2.05, 4.69) is 10.1 Å². The number of rotatable bonds is 6. The average Bonchev–Trinajstić information content (AvgIpc) is 2.49. The summed E-state index contributed by atoms with van der Waals surface area (Å²) in [6.07, 6.45) is 0. The lowest BCUT2D eigenvalue weighted by atomic mass is 10.2. The van der Waals surface area contributed by atoms with Gasteiger partial charge in [0.05, 0.1) is 6.54 Å². The van der Waals surface area contributed by atoms with Gasteiger partial charge in [0, 0.05) is 38.3 Å². The van der Waals surface area contributed by atoms with Gasteiger partial charge in [0.2, 0.25) is 5.91 Å². The van der Waals surface area contributed by atoms with Crippen molar-refractivity contribution >= 4 is 5.91 Å². The first kappa shape index (κ1) is 16.6. The van der Waals surface area contributed by atoms with E-state index in [1.807, 2.05) is 4.90 Å². The van der Waals surface area contributed by atoms with Gasteiger partial charge in [0.15, 0.2) is 0 Å². The number of benzene rings is 1. The Bertz CT molecular complexity index is 493. The lowest BCUT2D eigenvalue weighted by Crippen LogP contribution is -2.49. The lowest BCUT2D eigenvalue weighted by molar-refractivity contribution is -0.132. The summed E-state index contributed by atoms with van der Waals surface area (Å²) in [5.41, 5.74) is 0.637. The molecule has 0 aliphatic carbocycles. The van der Waals surface area contributed by atoms with Gasteiger partial charge >= 0.3 is 6.61 Å². The first-order valence-electron chi connectivity index (χ1n) is 7.26. The molecule has 22 heavy (non-hydrogen) atoms. The fourth-order valence-corrected chi connectivity index (χ4v) is 2.44. The number of para-hydroxylation sites is 1. The molecule has 1 aliphatic heterocycles. The number of hydrogen-bond donors (Lipinski definition) is 1. The first-order chi connectivity index (χ1) is 10.6. The number of nitrogens with one attached hydrogen (secondary N) is 1. The number of carbonyl (C=O) groups excluding carboxylic acids is 1. The van der Waals surface area contributed by atoms with E-state index in [-0.39, 0.29) is 18.2 Å². The molecule has 7 heteroatoms. The maximum atomic E-state index is 12.4. The van der Waals surface area contributed by atoms with Gasteiger partial charge in [-0.05, 0) is 13.1 Å². The minimum absolute atomic E-state index is 0.0521. The monoisotopic (exact) mass is 313 g/mol. The SMILES string of the molecule is CN(CC(=O)N1CCNCC1)Cc1ccccc1OC(F)F. The molecular formula is C15H21F2N3O2. The Morgan fingerprint density at radius 2 is 2.05 bits per heavy atom. The Balaban J connectivity index is 1.91. The van der Waals surface area contributed by atoms with Crippen LogP contribution in [0.25, 0.3) is 0 Å². The third kappa shape index (κ3) is 4.92. The van der Waals surface area contributed by atoms with Gasteiger partial charge in [0.1, 0.15) is 5.75 Å². The van der Waals surface area contributed by atoms with Crippen molar-refractivity contribution in [3.63, 3.8) is 0 Å². The molecule has 5 nitrogen and oxygen atoms in total. The number of ether oxygens (including phenoxy) is 1. The summed E-state index contributed by atoms with van der Waals surface area (Å²) < 4.78 is 29.3. The zero-order valence-corrected chi connectivity index (χ0v) is 12.6. The number of piperazine rings is 1. The number of alkyl halides is 2. The lowest BCUT2D eigenvalue weighted by Gasteiger charge is -2.29. The van der Waals surface area contributed by atoms with E-state index >= 15 is 0 Å². The summed E-state index contributed by atoms with van der Waals surface area (Å²) in [6, 6.07) is 6.64. The van der Waals surface area contributed by atoms with Crippen LogP contribution in [-0.2, 0) is 11.3 Å². The molecule has 1 aliphatic rings. The Hall–Kier alpha value is -1.73. The van der Waals surface area contributed by atoms with Crippen molar-refractivity contribution in [1.29, 1.82) is 0 Å². The van der Waals surface area contributed by atoms with Gasteiger partial charge in [-0.15, -0.1) is 0 Å². The average molecular weight is 313 g/mol. The molecule has 2 rings (SSSR count). The normalized spacial score (nSPS) is 15.4. The van der Waals surface area contributed by atoms with Crippen LogP contribution in [0, 0.1) is 0 Å². The Labute approximate surface area is 128 Å². The maximum Gasteiger partial charge on any atom is 0.387 e. The van der Waals surface area contributed by atoms with E-state index in [0.717, 1.165) is 13.1 Å². The van der Waals surface area contributed by atoms with Gasteiger partial charge in [-0.25, -0.2) is 0 Å². The van der Waals surface area contributed by atoms with Crippen LogP contribution in [0.3, 0.4) is 0 Å². The Morgan fingerprint density at radius 3 is 2.73 bits per heavy atom. The highest BCUT2D eigenvalue weighted by Gasteiger charge is 2.18. The Morgan fingerprint density at radius 1 is 1.36 bits per heavy atom. The van der Waals surface area contributed by atoms with Crippen molar-refractivity contribution in [3.05, 3.63) is 29.8 Å². The summed E-state index contributed by atoms with van der Waals surface area (Å²) in [5, 5.41) is 3.19. The molecule has 1 amide bonds. The van der Waals surface area contributed by atoms with Crippen molar-refractivity contribution in [3.8, 4) is 5.75 Å². The molecule has 0 radical (unpaired) electrons. The molecule has 1 heterocycles. The molecule has 0 unspecified atom stereocenters. The van der Waals surface area contributed by atoms with Crippen molar-refractivity contribution in [2.75, 3.05) is 39.8 Å². The summed E-state index contributed by atoms with van der Waals surface area (Å²) in [7, 11) is 1.79. The largest absolute Gasteiger partial charge is 0.434 e. The predicted molar refractivity (Wildman–Crippen MR) is 78.9 cm³/mol. The van der Waals surface area contributed by atoms with Crippen LogP contribution >= 0.6 is 0 Å². The third-order valence-corrected chi connectivity index (χ3v) is 3.50. The maximum absolute atomic E-state index is 12.4. The van der Waals surface area contributed by atoms with Crippen LogP contribution in [0.15, 0.2) is 24.3 Å². The number of nitrogens with zero attached hydrogens (tertiary/aromatic N) is 2. The summed E-state index contributed by atoms with van der Waals surface area (Å²) >= 11 is 0. The number of amides is 1. The van der Waals surface area contributed by atoms with Gasteiger partial charge in [-0.1, -0.05) is 18.2 Å². The van der Waals surface area contributed by atoms with Crippen LogP contribution in [0.4, 0.5) is 8.78 Å². The van der Waals surface area contributed by atoms with Gasteiger partial charge < -0.3 is 15.0 Å². The van der Waals surface area contributed by atoms with E-state index in [1.54, 1.807) is 30.1 Å². The van der Waals surface area contributed by atoms with Crippen molar-refractivity contribution in [2.45, 2.75) is 13.2 Å². The highest BCUT2D eigenvalue weighted by molar-refractivity contribution is 5.78. The summed E-state index contributed by atoms with van der Waals surface area (Å²) in [6.45, 7) is 0.800. The molecule has 1 fully saturated rings. The standard InChI is InChI=1S/C15H21F2N3O2/c1-19(11-14(21)20-8-6-18-7-9-20)10-12-4-2-3-5-13(12)22-15(16)17/h2-5,15,18H,6-11H2,1H3. The van der Waals surface area contributed by atoms with Crippen molar-refractivity contribution in [1.82, 2.24) is 15.1 Å². The zero-order valence-electron chi connectivity index (χ0n) is 12.6. The molecule has 1 N–H and O–H groups in total. The topological polar surface area (TPSA) is 44.8 Å². The van der Waals surface area contributed by atoms with Crippen molar-refractivity contribution < 1.29 is 18.3 Å². The quantitative estimate of drug-likeness (QED) is 0.856. The van der Waals surface area contributed by atoms with Gasteiger partial charge in [-0.2, -0.15) is 8.78 Å². The molecule has 1 aromatic rings. The van der Waals surface area contributed by atoms with Crippen LogP contribution in [-0.4, -0.2) is 62.1 Å². The summed E-state index contributed by atoms with van der Waals surface area (Å²) in [5.74, 6) is 0.204. The van der Waals surface area contributed by atoms with E-state index in [0.29, 0.717) is 25.2 Å². The second-order valence-corrected chi connectivity index (χ2v) is 5.29. The fraction of sp³-hybridized carbons (Fsp3) is 0.533. The fourth-order valence-electron chi connectivity index (χ4n) is 2.44. The van der Waals surface area contributed by atoms with Gasteiger partial charge in [0.25, 0.3) is 0 Å². The molecule has 1 aromatic carbocycles. The molecule has 0 aromatic heterocycles. The molecular weight excluding hydrogens is 292 g/mol. The molecule has 0 saturated carbocycles. The highest BCUT2D eigenvalue weighted by atomic mass is 19.3. The molecule has 0 bridgehead atoms. The van der Waals surface area contributed by atoms with E-state index in [4.69, 9.17) is 0 Å². The molecule has 0 atom stereocenters. The zero-order chi connectivity index (χ0) is 15.9. The van der Waals surface area contributed by atoms with Crippen molar-refractivity contribution in [2.24, 2.45) is 0 Å². The van der Waals surface area contributed by atoms with Crippen LogP contribution < -0.4 is 10.1 Å². The molecule has 1 saturated heterocycles. The minimum atomic E-state index is -2.85. The number of hydrogen-bond acceptors (Lipinski definition) is 4. The van der Waals surface area contributed by atoms with Crippen LogP contribution in [0.5, 0.6) is 5.75 Å². The van der Waals surface area contributed by atoms with Crippen LogP contribution in [0.2, 0.25) is 0 Å². The highest BCUT2D eigenvalue weighted by Crippen LogP contribution is 2.21. The predicted octanol–water partition coefficient (Wildman–Crippen LogP) is 1.15. The number of carbonyl (C=O) groups is 1. The van der Waals surface area contributed by atoms with E-state index in [1.165, 1.54) is 6.07 Å². The van der Waals surface area contributed by atoms with Crippen LogP contribution in [0.1, 0.15) is 5.56 Å². The first-order valence-corrected chi connectivity index (χ1v) is 7.26. The number of halogens is 2. The second kappa shape index (κ2) is 8.05. The number of likely N-dealkylation sites (N-methyl/N-ethyl adjacent to an activating group) is 1. The van der Waals surface area contributed by atoms with E-state index < -0.39 is 6.61 Å². The minimum Gasteiger partial charge on any atom is -0.434 e. The smallest absolute Gasteiger partial charge is 0.387 e. The Kier molecular flexibility index (Phi) is 6.09. The van der Waals surface area contributed by atoms with E-state index in [9.17, 15) is 13.6 Å². The second-order valence-electron chi connectivity index (χ2n) is 5.29. The third-order valence-electron chi connectivity index (χ3n) is 3.50. The summed E-state index contributed by atoms with van der Waals surface area (Å²) in [4.78, 5) is 15.8. The molecule has 0 spiro atoms.